The van der Waals surface area contributed by atoms with Gasteiger partial charge in [0, 0.05) is 16.9 Å². The molecule has 0 heterocycles. The molecule has 0 aliphatic carbocycles. The molecule has 0 spiro atoms. The average molecular weight is 340 g/mol. The predicted molar refractivity (Wildman–Crippen MR) is 72.3 cm³/mol. The average Bonchev–Trinajstić information content (AvgIpc) is 2.32. The van der Waals surface area contributed by atoms with Gasteiger partial charge in [-0.15, -0.1) is 0 Å². The summed E-state index contributed by atoms with van der Waals surface area (Å²) in [6.07, 6.45) is -4.28. The topological polar surface area (TPSA) is 21.3 Å². The van der Waals surface area contributed by atoms with Crippen molar-refractivity contribution in [1.82, 2.24) is 5.32 Å². The summed E-state index contributed by atoms with van der Waals surface area (Å²) >= 11 is 3.36. The predicted octanol–water partition coefficient (Wildman–Crippen LogP) is 3.72. The highest BCUT2D eigenvalue weighted by atomic mass is 79.9. The molecule has 19 heavy (non-hydrogen) atoms. The summed E-state index contributed by atoms with van der Waals surface area (Å²) < 4.78 is 41.9. The quantitative estimate of drug-likeness (QED) is 0.817. The van der Waals surface area contributed by atoms with E-state index in [1.54, 1.807) is 0 Å². The molecule has 1 N–H and O–H groups in total. The molecule has 1 atom stereocenters. The molecule has 0 fully saturated rings. The van der Waals surface area contributed by atoms with Crippen LogP contribution in [0.25, 0.3) is 0 Å². The minimum Gasteiger partial charge on any atom is -0.371 e. The van der Waals surface area contributed by atoms with Crippen molar-refractivity contribution in [2.24, 2.45) is 0 Å². The Bertz CT molecular complexity index is 384. The molecule has 0 aliphatic heterocycles. The maximum absolute atomic E-state index is 12.1. The van der Waals surface area contributed by atoms with Gasteiger partial charge in [0.15, 0.2) is 0 Å². The third kappa shape index (κ3) is 6.94. The number of benzene rings is 1. The van der Waals surface area contributed by atoms with Crippen LogP contribution in [-0.4, -0.2) is 32.5 Å². The monoisotopic (exact) mass is 339 g/mol. The largest absolute Gasteiger partial charge is 0.411 e. The van der Waals surface area contributed by atoms with Crippen molar-refractivity contribution < 1.29 is 17.9 Å². The summed E-state index contributed by atoms with van der Waals surface area (Å²) in [5.74, 6) is -0.0974. The highest BCUT2D eigenvalue weighted by molar-refractivity contribution is 9.10. The van der Waals surface area contributed by atoms with E-state index >= 15 is 0 Å². The Kier molecular flexibility index (Phi) is 6.82. The zero-order chi connectivity index (χ0) is 14.3. The summed E-state index contributed by atoms with van der Waals surface area (Å²) in [7, 11) is 0. The number of likely N-dealkylation sites (N-methyl/N-ethyl adjacent to an activating group) is 1. The van der Waals surface area contributed by atoms with Gasteiger partial charge in [-0.05, 0) is 24.2 Å². The van der Waals surface area contributed by atoms with E-state index < -0.39 is 12.8 Å². The van der Waals surface area contributed by atoms with Crippen LogP contribution in [0.2, 0.25) is 0 Å². The second-order valence-electron chi connectivity index (χ2n) is 4.19. The van der Waals surface area contributed by atoms with Crippen molar-refractivity contribution in [3.8, 4) is 0 Å². The molecule has 0 saturated heterocycles. The normalized spacial score (nSPS) is 13.5. The summed E-state index contributed by atoms with van der Waals surface area (Å²) in [5, 5.41) is 3.14. The maximum Gasteiger partial charge on any atom is 0.411 e. The van der Waals surface area contributed by atoms with Crippen molar-refractivity contribution >= 4 is 15.9 Å². The zero-order valence-electron chi connectivity index (χ0n) is 10.6. The molecule has 0 amide bonds. The highest BCUT2D eigenvalue weighted by Gasteiger charge is 2.28. The zero-order valence-corrected chi connectivity index (χ0v) is 12.2. The van der Waals surface area contributed by atoms with Gasteiger partial charge in [0.1, 0.15) is 6.61 Å². The Labute approximate surface area is 119 Å². The fourth-order valence-electron chi connectivity index (χ4n) is 1.67. The fourth-order valence-corrected chi connectivity index (χ4v) is 2.09. The molecule has 6 heteroatoms. The van der Waals surface area contributed by atoms with E-state index in [9.17, 15) is 13.2 Å². The Hall–Kier alpha value is -0.590. The first-order chi connectivity index (χ1) is 8.92. The van der Waals surface area contributed by atoms with Crippen LogP contribution in [0.15, 0.2) is 28.7 Å². The minimum atomic E-state index is -4.28. The van der Waals surface area contributed by atoms with Crippen molar-refractivity contribution in [3.63, 3.8) is 0 Å². The lowest BCUT2D eigenvalue weighted by molar-refractivity contribution is -0.174. The highest BCUT2D eigenvalue weighted by Crippen LogP contribution is 2.21. The van der Waals surface area contributed by atoms with E-state index in [0.29, 0.717) is 6.54 Å². The number of ether oxygens (including phenoxy) is 1. The molecule has 0 radical (unpaired) electrons. The molecule has 0 bridgehead atoms. The van der Waals surface area contributed by atoms with Gasteiger partial charge in [-0.3, -0.25) is 0 Å². The third-order valence-electron chi connectivity index (χ3n) is 2.55. The summed E-state index contributed by atoms with van der Waals surface area (Å²) in [5.41, 5.74) is 0.956. The lowest BCUT2D eigenvalue weighted by atomic mass is 10.00. The van der Waals surface area contributed by atoms with E-state index in [1.807, 2.05) is 31.2 Å². The van der Waals surface area contributed by atoms with Crippen LogP contribution in [0, 0.1) is 0 Å². The first-order valence-corrected chi connectivity index (χ1v) is 6.82. The van der Waals surface area contributed by atoms with Gasteiger partial charge in [-0.1, -0.05) is 35.0 Å². The SMILES string of the molecule is CCNCC(COCC(F)(F)F)c1cccc(Br)c1. The van der Waals surface area contributed by atoms with Crippen LogP contribution in [0.5, 0.6) is 0 Å². The summed E-state index contributed by atoms with van der Waals surface area (Å²) in [6, 6.07) is 7.54. The van der Waals surface area contributed by atoms with Crippen LogP contribution in [-0.2, 0) is 4.74 Å². The second kappa shape index (κ2) is 7.87. The van der Waals surface area contributed by atoms with E-state index in [4.69, 9.17) is 4.74 Å². The van der Waals surface area contributed by atoms with E-state index in [-0.39, 0.29) is 12.5 Å². The Morgan fingerprint density at radius 1 is 1.37 bits per heavy atom. The second-order valence-corrected chi connectivity index (χ2v) is 5.11. The number of hydrogen-bond acceptors (Lipinski definition) is 2. The van der Waals surface area contributed by atoms with Gasteiger partial charge in [-0.2, -0.15) is 13.2 Å². The third-order valence-corrected chi connectivity index (χ3v) is 3.04. The van der Waals surface area contributed by atoms with Gasteiger partial charge >= 0.3 is 6.18 Å². The Morgan fingerprint density at radius 3 is 2.68 bits per heavy atom. The van der Waals surface area contributed by atoms with Crippen LogP contribution in [0.4, 0.5) is 13.2 Å². The van der Waals surface area contributed by atoms with E-state index in [2.05, 4.69) is 21.2 Å². The van der Waals surface area contributed by atoms with Crippen LogP contribution in [0.3, 0.4) is 0 Å². The standard InChI is InChI=1S/C13H17BrF3NO/c1-2-18-7-11(8-19-9-13(15,16)17)10-4-3-5-12(14)6-10/h3-6,11,18H,2,7-9H2,1H3. The minimum absolute atomic E-state index is 0.0446. The molecular formula is C13H17BrF3NO. The van der Waals surface area contributed by atoms with Gasteiger partial charge < -0.3 is 10.1 Å². The summed E-state index contributed by atoms with van der Waals surface area (Å²) in [6.45, 7) is 2.15. The first-order valence-electron chi connectivity index (χ1n) is 6.03. The lowest BCUT2D eigenvalue weighted by Crippen LogP contribution is -2.26. The first kappa shape index (κ1) is 16.5. The molecule has 2 nitrogen and oxygen atoms in total. The lowest BCUT2D eigenvalue weighted by Gasteiger charge is -2.19. The molecule has 1 unspecified atom stereocenters. The smallest absolute Gasteiger partial charge is 0.371 e. The fraction of sp³-hybridized carbons (Fsp3) is 0.538. The van der Waals surface area contributed by atoms with Crippen molar-refractivity contribution in [2.45, 2.75) is 19.0 Å². The number of alkyl halides is 3. The molecular weight excluding hydrogens is 323 g/mol. The molecule has 0 aromatic heterocycles. The molecule has 0 saturated carbocycles. The van der Waals surface area contributed by atoms with E-state index in [0.717, 1.165) is 16.6 Å². The number of hydrogen-bond donors (Lipinski definition) is 1. The van der Waals surface area contributed by atoms with Crippen molar-refractivity contribution in [2.75, 3.05) is 26.3 Å². The van der Waals surface area contributed by atoms with Crippen molar-refractivity contribution in [3.05, 3.63) is 34.3 Å². The Morgan fingerprint density at radius 2 is 2.11 bits per heavy atom. The van der Waals surface area contributed by atoms with Crippen LogP contribution < -0.4 is 5.32 Å². The van der Waals surface area contributed by atoms with Gasteiger partial charge in [0.25, 0.3) is 0 Å². The van der Waals surface area contributed by atoms with Gasteiger partial charge in [0.2, 0.25) is 0 Å². The Balaban J connectivity index is 2.61. The molecule has 1 aromatic rings. The summed E-state index contributed by atoms with van der Waals surface area (Å²) in [4.78, 5) is 0. The van der Waals surface area contributed by atoms with Crippen LogP contribution >= 0.6 is 15.9 Å². The maximum atomic E-state index is 12.1. The molecule has 1 rings (SSSR count). The number of nitrogens with one attached hydrogen (secondary N) is 1. The molecule has 1 aromatic carbocycles. The molecule has 0 aliphatic rings. The van der Waals surface area contributed by atoms with Crippen molar-refractivity contribution in [1.29, 1.82) is 0 Å². The number of halogens is 4. The molecule has 108 valence electrons. The van der Waals surface area contributed by atoms with Gasteiger partial charge in [0.05, 0.1) is 6.61 Å². The van der Waals surface area contributed by atoms with Gasteiger partial charge in [-0.25, -0.2) is 0 Å². The van der Waals surface area contributed by atoms with E-state index in [1.165, 1.54) is 0 Å². The number of rotatable bonds is 7. The van der Waals surface area contributed by atoms with Crippen LogP contribution in [0.1, 0.15) is 18.4 Å².